The van der Waals surface area contributed by atoms with Gasteiger partial charge in [-0.1, -0.05) is 322 Å². The zero-order chi connectivity index (χ0) is 77.2. The summed E-state index contributed by atoms with van der Waals surface area (Å²) in [6, 6.07) is 29.1. The predicted octanol–water partition coefficient (Wildman–Crippen LogP) is 22.4. The number of nitrogens with zero attached hydrogens (tertiary/aromatic N) is 4. The summed E-state index contributed by atoms with van der Waals surface area (Å²) in [6.45, 7) is 21.1. The van der Waals surface area contributed by atoms with Crippen molar-refractivity contribution in [3.63, 3.8) is 0 Å². The molecule has 14 nitrogen and oxygen atoms in total. The van der Waals surface area contributed by atoms with Gasteiger partial charge in [0.05, 0.1) is 40.4 Å². The van der Waals surface area contributed by atoms with E-state index in [0.29, 0.717) is 27.4 Å². The van der Waals surface area contributed by atoms with Gasteiger partial charge in [-0.3, -0.25) is 24.0 Å². The van der Waals surface area contributed by atoms with Gasteiger partial charge in [0.2, 0.25) is 5.91 Å². The number of amides is 1. The van der Waals surface area contributed by atoms with Crippen molar-refractivity contribution in [3.8, 4) is 0 Å². The van der Waals surface area contributed by atoms with E-state index in [2.05, 4.69) is 46.0 Å². The van der Waals surface area contributed by atoms with Crippen LogP contribution in [0, 0.1) is 29.6 Å². The fourth-order valence-corrected chi connectivity index (χ4v) is 16.2. The molecule has 16 heteroatoms. The van der Waals surface area contributed by atoms with Gasteiger partial charge < -0.3 is 11.6 Å². The number of nitrogens with one attached hydrogen (secondary N) is 1. The van der Waals surface area contributed by atoms with Crippen LogP contribution in [-0.4, -0.2) is 73.0 Å². The van der Waals surface area contributed by atoms with E-state index in [1.165, 1.54) is 197 Å². The van der Waals surface area contributed by atoms with Crippen molar-refractivity contribution in [2.24, 2.45) is 29.6 Å². The first-order valence-electron chi connectivity index (χ1n) is 41.9. The quantitative estimate of drug-likeness (QED) is 0.0564. The molecule has 7 saturated carbocycles. The number of aromatic carboxylic acids is 2. The number of aromatic amines is 1. The minimum Gasteiger partial charge on any atom is -1.00 e. The Morgan fingerprint density at radius 3 is 1.26 bits per heavy atom. The SMILES string of the molecule is C1CCC(C2CCCCC2)CC1.CC.CC.CC.CC.CCCC.CON(C)C(=O)C1CCCCC1.O=C(O)c1ccccc1Br.O=C(O)c1ccccc1C(=O)C1CCCCC1.O=c1[nH]nc(C2CCCCC2)c2ccccc12.O=c1c2ccccc2c(C2CCCCC2)nn1CCC1CCCCC1.[H-].[Na+]. The molecule has 13 rings (SSSR count). The predicted molar refractivity (Wildman–Crippen MR) is 443 cm³/mol. The third-order valence-corrected chi connectivity index (χ3v) is 22.3. The minimum atomic E-state index is -1.02. The number of hydrogen-bond acceptors (Lipinski definition) is 9. The summed E-state index contributed by atoms with van der Waals surface area (Å²) in [7, 11) is 3.21. The zero-order valence-corrected chi connectivity index (χ0v) is 71.9. The average molecular weight is 1540 g/mol. The molecule has 2 heterocycles. The Kier molecular flexibility index (Phi) is 53.5. The van der Waals surface area contributed by atoms with E-state index >= 15 is 0 Å². The number of rotatable bonds is 13. The van der Waals surface area contributed by atoms with Crippen molar-refractivity contribution >= 4 is 61.1 Å². The molecule has 6 aromatic rings. The van der Waals surface area contributed by atoms with Crippen molar-refractivity contribution in [2.75, 3.05) is 14.2 Å². The number of halogens is 1. The number of hydrogen-bond donors (Lipinski definition) is 3. The molecular formula is C90H141BrN5NaO9. The molecule has 0 aliphatic heterocycles. The topological polar surface area (TPSA) is 202 Å². The number of carbonyl (C=O) groups is 4. The van der Waals surface area contributed by atoms with Gasteiger partial charge >= 0.3 is 41.5 Å². The smallest absolute Gasteiger partial charge is 1.00 e. The molecule has 0 bridgehead atoms. The maximum Gasteiger partial charge on any atom is 1.00 e. The largest absolute Gasteiger partial charge is 1.00 e. The first-order chi connectivity index (χ1) is 51.2. The fourth-order valence-electron chi connectivity index (χ4n) is 15.7. The van der Waals surface area contributed by atoms with Crippen molar-refractivity contribution in [2.45, 2.75) is 332 Å². The molecule has 7 fully saturated rings. The van der Waals surface area contributed by atoms with Gasteiger partial charge in [0, 0.05) is 58.1 Å². The number of H-pyrrole nitrogens is 1. The minimum absolute atomic E-state index is 0. The number of aromatic nitrogens is 4. The van der Waals surface area contributed by atoms with Crippen LogP contribution in [0.2, 0.25) is 0 Å². The van der Waals surface area contributed by atoms with E-state index in [1.54, 1.807) is 79.9 Å². The second kappa shape index (κ2) is 58.6. The van der Waals surface area contributed by atoms with Gasteiger partial charge in [-0.2, -0.15) is 10.2 Å². The summed E-state index contributed by atoms with van der Waals surface area (Å²) in [5, 5.41) is 34.5. The molecule has 106 heavy (non-hydrogen) atoms. The Bertz CT molecular complexity index is 3430. The van der Waals surface area contributed by atoms with Crippen molar-refractivity contribution in [3.05, 3.63) is 150 Å². The maximum absolute atomic E-state index is 12.9. The number of carboxylic acids is 2. The summed E-state index contributed by atoms with van der Waals surface area (Å²) < 4.78 is 2.41. The molecule has 0 radical (unpaired) electrons. The van der Waals surface area contributed by atoms with E-state index in [-0.39, 0.29) is 71.2 Å². The number of carboxylic acid groups (broad SMARTS) is 2. The van der Waals surface area contributed by atoms with E-state index < -0.39 is 11.9 Å². The Labute approximate surface area is 672 Å². The number of benzene rings is 4. The van der Waals surface area contributed by atoms with Crippen LogP contribution in [0.15, 0.2) is 111 Å². The number of aryl methyl sites for hydroxylation is 1. The fraction of sp³-hybridized carbons (Fsp3) is 0.644. The van der Waals surface area contributed by atoms with Crippen molar-refractivity contribution < 1.29 is 65.2 Å². The Balaban J connectivity index is 0.000000635. The van der Waals surface area contributed by atoms with E-state index in [4.69, 9.17) is 20.1 Å². The van der Waals surface area contributed by atoms with Crippen LogP contribution in [0.3, 0.4) is 0 Å². The summed E-state index contributed by atoms with van der Waals surface area (Å²) in [5.74, 6) is 2.54. The third-order valence-electron chi connectivity index (χ3n) is 21.6. The molecule has 0 spiro atoms. The molecule has 0 saturated heterocycles. The molecule has 4 aromatic carbocycles. The normalized spacial score (nSPS) is 17.1. The second-order valence-electron chi connectivity index (χ2n) is 28.4. The Hall–Kier alpha value is -5.32. The van der Waals surface area contributed by atoms with E-state index in [9.17, 15) is 28.8 Å². The van der Waals surface area contributed by atoms with Crippen LogP contribution in [0.1, 0.15) is 369 Å². The standard InChI is InChI=1S/C22H30N2O.C14H16N2O.C14H16O3.C12H22.C9H17NO2.C7H5BrO2.C4H10.4C2H6.Na.H/c25-22-20-14-8-7-13-19(20)21(18-11-5-2-6-12-18)23-24(22)16-15-17-9-3-1-4-10-17;17-14-12-9-5-4-8-11(12)13(15-16-14)10-6-2-1-3-7-10;15-13(10-6-2-1-3-7-10)11-8-4-5-9-12(11)14(16)17;1-3-7-11(8-4-1)12-9-5-2-6-10-12;1-10(12-2)9(11)8-6-4-3-5-7-8;8-6-4-2-1-3-5(6)7(9)10;1-3-4-2;4*1-2;;/h7-8,13-14,17-18H,1-6,9-12,15-16H2;2*4-5,8-10H,1-3,6-7H2,(H,16,17);11-12H,1-10H2;8H,3-7H2,1-2H3;1-4H,(H,9,10);3-4H2,1-2H3;4*1-2H3;;/q;;;;;;;;;;;+1;-1. The van der Waals surface area contributed by atoms with E-state index in [1.807, 2.05) is 97.9 Å². The Morgan fingerprint density at radius 1 is 0.481 bits per heavy atom. The number of hydroxylamine groups is 2. The molecule has 588 valence electrons. The third kappa shape index (κ3) is 33.5. The van der Waals surface area contributed by atoms with Crippen LogP contribution in [0.5, 0.6) is 0 Å². The van der Waals surface area contributed by atoms with Gasteiger partial charge in [0.1, 0.15) is 0 Å². The molecule has 2 aromatic heterocycles. The van der Waals surface area contributed by atoms with Gasteiger partial charge in [0.25, 0.3) is 11.1 Å². The van der Waals surface area contributed by atoms with Crippen molar-refractivity contribution in [1.82, 2.24) is 25.0 Å². The second-order valence-corrected chi connectivity index (χ2v) is 29.2. The van der Waals surface area contributed by atoms with Crippen LogP contribution < -0.4 is 40.7 Å². The van der Waals surface area contributed by atoms with Crippen LogP contribution in [0.25, 0.3) is 21.5 Å². The first kappa shape index (κ1) is 96.8. The van der Waals surface area contributed by atoms with Crippen LogP contribution in [0.4, 0.5) is 0 Å². The van der Waals surface area contributed by atoms with E-state index in [0.717, 1.165) is 96.5 Å². The Morgan fingerprint density at radius 2 is 0.840 bits per heavy atom. The summed E-state index contributed by atoms with van der Waals surface area (Å²) in [4.78, 5) is 74.7. The first-order valence-corrected chi connectivity index (χ1v) is 42.7. The van der Waals surface area contributed by atoms with Gasteiger partial charge in [0.15, 0.2) is 5.78 Å². The average Bonchev–Trinajstić information content (AvgIpc) is 0.785. The summed E-state index contributed by atoms with van der Waals surface area (Å²) >= 11 is 3.12. The number of ketones is 1. The summed E-state index contributed by atoms with van der Waals surface area (Å²) in [6.07, 6.45) is 49.4. The van der Waals surface area contributed by atoms with Gasteiger partial charge in [-0.15, -0.1) is 0 Å². The monoisotopic (exact) mass is 1540 g/mol. The molecular weight excluding hydrogens is 1400 g/mol. The zero-order valence-electron chi connectivity index (χ0n) is 69.3. The molecule has 7 aliphatic carbocycles. The molecule has 1 amide bonds. The van der Waals surface area contributed by atoms with Crippen molar-refractivity contribution in [1.29, 1.82) is 0 Å². The number of carbonyl (C=O) groups excluding carboxylic acids is 2. The summed E-state index contributed by atoms with van der Waals surface area (Å²) in [5.41, 5.74) is 3.07. The number of unbranched alkanes of at least 4 members (excludes halogenated alkanes) is 1. The van der Waals surface area contributed by atoms with Gasteiger partial charge in [-0.05, 0) is 122 Å². The molecule has 7 aliphatic rings. The van der Waals surface area contributed by atoms with Crippen LogP contribution >= 0.6 is 15.9 Å². The maximum atomic E-state index is 12.9. The number of Topliss-reactive ketones (excluding diaryl/α,β-unsaturated/α-hetero) is 1. The number of fused-ring (bicyclic) bond motifs is 2. The van der Waals surface area contributed by atoms with Crippen LogP contribution in [-0.2, 0) is 16.2 Å². The molecule has 0 unspecified atom stereocenters. The molecule has 3 N–H and O–H groups in total. The van der Waals surface area contributed by atoms with Gasteiger partial charge in [-0.25, -0.2) is 24.4 Å². The molecule has 0 atom stereocenters.